The zero-order chi connectivity index (χ0) is 14.4. The fourth-order valence-corrected chi connectivity index (χ4v) is 1.68. The Kier molecular flexibility index (Phi) is 4.70. The highest BCUT2D eigenvalue weighted by Gasteiger charge is 2.10. The highest BCUT2D eigenvalue weighted by atomic mass is 16.5. The Balaban J connectivity index is 2.00. The van der Waals surface area contributed by atoms with Crippen LogP contribution in [0.1, 0.15) is 36.0 Å². The van der Waals surface area contributed by atoms with E-state index >= 15 is 0 Å². The lowest BCUT2D eigenvalue weighted by molar-refractivity contribution is 0.102. The van der Waals surface area contributed by atoms with Gasteiger partial charge in [-0.3, -0.25) is 9.78 Å². The molecule has 0 aliphatic carbocycles. The van der Waals surface area contributed by atoms with Gasteiger partial charge in [0.05, 0.1) is 0 Å². The number of carbonyl (C=O) groups excluding carboxylic acids is 1. The summed E-state index contributed by atoms with van der Waals surface area (Å²) in [4.78, 5) is 16.1. The van der Waals surface area contributed by atoms with E-state index in [1.165, 1.54) is 0 Å². The summed E-state index contributed by atoms with van der Waals surface area (Å²) in [6, 6.07) is 5.21. The summed E-state index contributed by atoms with van der Waals surface area (Å²) >= 11 is 0. The number of pyridine rings is 1. The van der Waals surface area contributed by atoms with Crippen molar-refractivity contribution in [1.29, 1.82) is 0 Å². The molecule has 0 spiro atoms. The summed E-state index contributed by atoms with van der Waals surface area (Å²) in [5, 5.41) is 9.61. The molecule has 0 saturated heterocycles. The molecule has 0 aromatic carbocycles. The molecule has 0 fully saturated rings. The van der Waals surface area contributed by atoms with E-state index in [1.807, 2.05) is 6.07 Å². The minimum Gasteiger partial charge on any atom is -0.385 e. The number of rotatable bonds is 6. The van der Waals surface area contributed by atoms with Gasteiger partial charge in [-0.2, -0.15) is 0 Å². The number of nitrogens with zero attached hydrogens (tertiary/aromatic N) is 2. The predicted molar refractivity (Wildman–Crippen MR) is 76.8 cm³/mol. The van der Waals surface area contributed by atoms with Crippen molar-refractivity contribution in [2.24, 2.45) is 0 Å². The SMILES string of the molecule is CCCCNc1ccnc(C(=O)Nc2cc(C)on2)c1. The molecule has 20 heavy (non-hydrogen) atoms. The Morgan fingerprint density at radius 3 is 2.95 bits per heavy atom. The van der Waals surface area contributed by atoms with Gasteiger partial charge in [0.15, 0.2) is 5.82 Å². The van der Waals surface area contributed by atoms with Gasteiger partial charge in [0.2, 0.25) is 0 Å². The first-order valence-corrected chi connectivity index (χ1v) is 6.63. The second-order valence-corrected chi connectivity index (χ2v) is 4.49. The molecule has 6 heteroatoms. The van der Waals surface area contributed by atoms with Crippen LogP contribution in [-0.2, 0) is 0 Å². The number of nitrogens with one attached hydrogen (secondary N) is 2. The lowest BCUT2D eigenvalue weighted by atomic mass is 10.3. The van der Waals surface area contributed by atoms with Crippen molar-refractivity contribution in [2.75, 3.05) is 17.2 Å². The topological polar surface area (TPSA) is 80.0 Å². The van der Waals surface area contributed by atoms with Crippen molar-refractivity contribution in [3.8, 4) is 0 Å². The Labute approximate surface area is 117 Å². The van der Waals surface area contributed by atoms with Gasteiger partial charge >= 0.3 is 0 Å². The van der Waals surface area contributed by atoms with E-state index in [4.69, 9.17) is 4.52 Å². The van der Waals surface area contributed by atoms with E-state index in [1.54, 1.807) is 25.3 Å². The van der Waals surface area contributed by atoms with E-state index in [2.05, 4.69) is 27.7 Å². The molecule has 2 aromatic heterocycles. The van der Waals surface area contributed by atoms with Crippen molar-refractivity contribution in [1.82, 2.24) is 10.1 Å². The third-order valence-electron chi connectivity index (χ3n) is 2.72. The largest absolute Gasteiger partial charge is 0.385 e. The summed E-state index contributed by atoms with van der Waals surface area (Å²) < 4.78 is 4.89. The average molecular weight is 274 g/mol. The molecule has 6 nitrogen and oxygen atoms in total. The van der Waals surface area contributed by atoms with Crippen molar-refractivity contribution in [2.45, 2.75) is 26.7 Å². The molecule has 2 N–H and O–H groups in total. The van der Waals surface area contributed by atoms with Gasteiger partial charge < -0.3 is 15.2 Å². The Morgan fingerprint density at radius 1 is 1.40 bits per heavy atom. The van der Waals surface area contributed by atoms with Crippen LogP contribution < -0.4 is 10.6 Å². The number of aromatic nitrogens is 2. The summed E-state index contributed by atoms with van der Waals surface area (Å²) in [6.45, 7) is 4.77. The van der Waals surface area contributed by atoms with Crippen LogP contribution in [0.3, 0.4) is 0 Å². The van der Waals surface area contributed by atoms with Crippen LogP contribution in [0.4, 0.5) is 11.5 Å². The van der Waals surface area contributed by atoms with E-state index in [9.17, 15) is 4.79 Å². The van der Waals surface area contributed by atoms with Crippen LogP contribution in [0.15, 0.2) is 28.9 Å². The van der Waals surface area contributed by atoms with Gasteiger partial charge in [0.25, 0.3) is 5.91 Å². The molecule has 0 saturated carbocycles. The first kappa shape index (κ1) is 14.0. The van der Waals surface area contributed by atoms with Crippen molar-refractivity contribution in [3.63, 3.8) is 0 Å². The number of unbranched alkanes of at least 4 members (excludes halogenated alkanes) is 1. The molecule has 1 amide bonds. The molecule has 0 atom stereocenters. The highest BCUT2D eigenvalue weighted by Crippen LogP contribution is 2.12. The first-order valence-electron chi connectivity index (χ1n) is 6.63. The van der Waals surface area contributed by atoms with Gasteiger partial charge in [0.1, 0.15) is 11.5 Å². The second-order valence-electron chi connectivity index (χ2n) is 4.49. The summed E-state index contributed by atoms with van der Waals surface area (Å²) in [6.07, 6.45) is 3.82. The molecule has 2 heterocycles. The Hall–Kier alpha value is -2.37. The second kappa shape index (κ2) is 6.70. The molecule has 106 valence electrons. The molecule has 0 aliphatic heterocycles. The molecular formula is C14H18N4O2. The zero-order valence-electron chi connectivity index (χ0n) is 11.6. The van der Waals surface area contributed by atoms with Gasteiger partial charge in [-0.05, 0) is 25.5 Å². The van der Waals surface area contributed by atoms with Crippen molar-refractivity contribution < 1.29 is 9.32 Å². The van der Waals surface area contributed by atoms with E-state index in [0.29, 0.717) is 17.3 Å². The standard InChI is InChI=1S/C14H18N4O2/c1-3-4-6-15-11-5-7-16-12(9-11)14(19)17-13-8-10(2)20-18-13/h5,7-9H,3-4,6H2,1-2H3,(H,15,16)(H,17,18,19). The Morgan fingerprint density at radius 2 is 2.25 bits per heavy atom. The van der Waals surface area contributed by atoms with Crippen LogP contribution in [0, 0.1) is 6.92 Å². The lowest BCUT2D eigenvalue weighted by Crippen LogP contribution is -2.14. The minimum absolute atomic E-state index is 0.308. The average Bonchev–Trinajstić information content (AvgIpc) is 2.85. The van der Waals surface area contributed by atoms with Crippen LogP contribution in [-0.4, -0.2) is 22.6 Å². The molecule has 2 rings (SSSR count). The quantitative estimate of drug-likeness (QED) is 0.792. The number of hydrogen-bond acceptors (Lipinski definition) is 5. The van der Waals surface area contributed by atoms with Crippen molar-refractivity contribution >= 4 is 17.4 Å². The zero-order valence-corrected chi connectivity index (χ0v) is 11.6. The number of aryl methyl sites for hydroxylation is 1. The molecule has 0 radical (unpaired) electrons. The first-order chi connectivity index (χ1) is 9.69. The normalized spacial score (nSPS) is 10.3. The van der Waals surface area contributed by atoms with Gasteiger partial charge in [-0.15, -0.1) is 0 Å². The van der Waals surface area contributed by atoms with Crippen LogP contribution in [0.2, 0.25) is 0 Å². The lowest BCUT2D eigenvalue weighted by Gasteiger charge is -2.06. The summed E-state index contributed by atoms with van der Waals surface area (Å²) in [5.74, 6) is 0.722. The number of carbonyl (C=O) groups is 1. The van der Waals surface area contributed by atoms with Gasteiger partial charge in [-0.1, -0.05) is 18.5 Å². The maximum Gasteiger partial charge on any atom is 0.275 e. The molecular weight excluding hydrogens is 256 g/mol. The highest BCUT2D eigenvalue weighted by molar-refractivity contribution is 6.02. The fraction of sp³-hybridized carbons (Fsp3) is 0.357. The summed E-state index contributed by atoms with van der Waals surface area (Å²) in [5.41, 5.74) is 1.22. The van der Waals surface area contributed by atoms with Gasteiger partial charge in [0, 0.05) is 24.5 Å². The third-order valence-corrected chi connectivity index (χ3v) is 2.72. The number of amides is 1. The molecule has 0 aliphatic rings. The van der Waals surface area contributed by atoms with E-state index < -0.39 is 0 Å². The maximum atomic E-state index is 12.0. The minimum atomic E-state index is -0.308. The predicted octanol–water partition coefficient (Wildman–Crippen LogP) is 2.84. The van der Waals surface area contributed by atoms with E-state index in [-0.39, 0.29) is 5.91 Å². The Bertz CT molecular complexity index is 580. The smallest absolute Gasteiger partial charge is 0.275 e. The van der Waals surface area contributed by atoms with Gasteiger partial charge in [-0.25, -0.2) is 0 Å². The van der Waals surface area contributed by atoms with Crippen molar-refractivity contribution in [3.05, 3.63) is 35.9 Å². The van der Waals surface area contributed by atoms with Crippen LogP contribution in [0.5, 0.6) is 0 Å². The summed E-state index contributed by atoms with van der Waals surface area (Å²) in [7, 11) is 0. The molecule has 0 bridgehead atoms. The number of anilines is 2. The molecule has 2 aromatic rings. The number of hydrogen-bond donors (Lipinski definition) is 2. The molecule has 0 unspecified atom stereocenters. The monoisotopic (exact) mass is 274 g/mol. The van der Waals surface area contributed by atoms with Crippen LogP contribution >= 0.6 is 0 Å². The maximum absolute atomic E-state index is 12.0. The van der Waals surface area contributed by atoms with Crippen LogP contribution in [0.25, 0.3) is 0 Å². The fourth-order valence-electron chi connectivity index (χ4n) is 1.68. The third kappa shape index (κ3) is 3.81. The van der Waals surface area contributed by atoms with E-state index in [0.717, 1.165) is 25.1 Å².